The second kappa shape index (κ2) is 7.64. The molecule has 1 amide bonds. The number of amides is 1. The van der Waals surface area contributed by atoms with Gasteiger partial charge in [0.15, 0.2) is 9.84 Å². The first-order valence-electron chi connectivity index (χ1n) is 10.6. The molecular weight excluding hydrogens is 410 g/mol. The smallest absolute Gasteiger partial charge is 0.223 e. The molecule has 2 bridgehead atoms. The molecule has 7 heteroatoms. The second-order valence-corrected chi connectivity index (χ2v) is 10.5. The number of carbonyl (C=O) groups is 1. The third kappa shape index (κ3) is 3.67. The predicted octanol–water partition coefficient (Wildman–Crippen LogP) is 3.50. The monoisotopic (exact) mass is 435 g/mol. The Kier molecular flexibility index (Phi) is 4.93. The summed E-state index contributed by atoms with van der Waals surface area (Å²) in [6.45, 7) is 0. The summed E-state index contributed by atoms with van der Waals surface area (Å²) in [4.78, 5) is 15.5. The maximum absolute atomic E-state index is 13.1. The Morgan fingerprint density at radius 3 is 2.52 bits per heavy atom. The van der Waals surface area contributed by atoms with Gasteiger partial charge in [-0.2, -0.15) is 5.10 Å². The van der Waals surface area contributed by atoms with Crippen LogP contribution in [-0.4, -0.2) is 41.3 Å². The molecular formula is C24H25N3O3S. The number of rotatable bonds is 5. The number of nitrogens with zero attached hydrogens (tertiary/aromatic N) is 3. The molecule has 1 fully saturated rings. The Morgan fingerprint density at radius 1 is 1.06 bits per heavy atom. The predicted molar refractivity (Wildman–Crippen MR) is 118 cm³/mol. The van der Waals surface area contributed by atoms with Crippen LogP contribution in [0.2, 0.25) is 0 Å². The molecule has 2 aliphatic heterocycles. The zero-order chi connectivity index (χ0) is 21.6. The summed E-state index contributed by atoms with van der Waals surface area (Å²) < 4.78 is 25.4. The Morgan fingerprint density at radius 2 is 1.81 bits per heavy atom. The first-order valence-corrected chi connectivity index (χ1v) is 12.5. The summed E-state index contributed by atoms with van der Waals surface area (Å²) >= 11 is 0. The van der Waals surface area contributed by atoms with Crippen molar-refractivity contribution in [1.82, 2.24) is 14.7 Å². The molecule has 0 saturated carbocycles. The number of fused-ring (bicyclic) bond motifs is 4. The van der Waals surface area contributed by atoms with E-state index in [0.717, 1.165) is 42.6 Å². The van der Waals surface area contributed by atoms with Crippen LogP contribution in [0.3, 0.4) is 0 Å². The van der Waals surface area contributed by atoms with E-state index in [1.807, 2.05) is 29.1 Å². The van der Waals surface area contributed by atoms with Crippen molar-refractivity contribution in [3.63, 3.8) is 0 Å². The van der Waals surface area contributed by atoms with Gasteiger partial charge >= 0.3 is 0 Å². The van der Waals surface area contributed by atoms with E-state index in [0.29, 0.717) is 11.3 Å². The van der Waals surface area contributed by atoms with Crippen LogP contribution in [0, 0.1) is 0 Å². The van der Waals surface area contributed by atoms with Crippen LogP contribution < -0.4 is 0 Å². The SMILES string of the molecule is CS(=O)(=O)c1ccc(-n2ncc3c2CC2CCC3N2C(=O)CCc2ccccc2)cc1. The van der Waals surface area contributed by atoms with Gasteiger partial charge in [0.2, 0.25) is 5.91 Å². The van der Waals surface area contributed by atoms with Gasteiger partial charge in [-0.1, -0.05) is 30.3 Å². The summed E-state index contributed by atoms with van der Waals surface area (Å²) in [6.07, 6.45) is 7.11. The molecule has 3 aromatic rings. The Hall–Kier alpha value is -2.93. The average molecular weight is 436 g/mol. The molecule has 5 rings (SSSR count). The van der Waals surface area contributed by atoms with Gasteiger partial charge in [-0.25, -0.2) is 13.1 Å². The van der Waals surface area contributed by atoms with E-state index in [4.69, 9.17) is 0 Å². The Balaban J connectivity index is 1.37. The number of hydrogen-bond donors (Lipinski definition) is 0. The normalized spacial score (nSPS) is 20.0. The number of sulfone groups is 1. The van der Waals surface area contributed by atoms with E-state index in [2.05, 4.69) is 22.1 Å². The van der Waals surface area contributed by atoms with Crippen LogP contribution in [-0.2, 0) is 27.5 Å². The largest absolute Gasteiger partial charge is 0.332 e. The third-order valence-electron chi connectivity index (χ3n) is 6.46. The molecule has 2 unspecified atom stereocenters. The molecule has 0 radical (unpaired) electrons. The lowest BCUT2D eigenvalue weighted by molar-refractivity contribution is -0.134. The van der Waals surface area contributed by atoms with Crippen LogP contribution in [0.15, 0.2) is 65.7 Å². The van der Waals surface area contributed by atoms with Gasteiger partial charge in [-0.15, -0.1) is 0 Å². The highest BCUT2D eigenvalue weighted by Crippen LogP contribution is 2.44. The first-order chi connectivity index (χ1) is 14.9. The minimum absolute atomic E-state index is 0.0843. The zero-order valence-corrected chi connectivity index (χ0v) is 18.3. The van der Waals surface area contributed by atoms with Gasteiger partial charge < -0.3 is 4.90 Å². The lowest BCUT2D eigenvalue weighted by Crippen LogP contribution is -2.42. The summed E-state index contributed by atoms with van der Waals surface area (Å²) in [5, 5.41) is 4.60. The standard InChI is InChI=1S/C24H25N3O3S/c1-31(29,30)20-11-8-18(9-12-20)27-23-15-19-10-13-22(21(23)16-25-27)26(19)24(28)14-7-17-5-3-2-4-6-17/h2-6,8-9,11-12,16,19,22H,7,10,13-15H2,1H3. The van der Waals surface area contributed by atoms with E-state index >= 15 is 0 Å². The van der Waals surface area contributed by atoms with Gasteiger partial charge in [-0.05, 0) is 49.1 Å². The second-order valence-electron chi connectivity index (χ2n) is 8.46. The number of hydrogen-bond acceptors (Lipinski definition) is 4. The number of benzene rings is 2. The molecule has 2 aliphatic rings. The topological polar surface area (TPSA) is 72.3 Å². The number of aromatic nitrogens is 2. The van der Waals surface area contributed by atoms with Crippen molar-refractivity contribution >= 4 is 15.7 Å². The molecule has 2 aromatic carbocycles. The van der Waals surface area contributed by atoms with Crippen LogP contribution in [0.1, 0.15) is 42.1 Å². The molecule has 2 atom stereocenters. The Bertz CT molecular complexity index is 1220. The van der Waals surface area contributed by atoms with E-state index in [9.17, 15) is 13.2 Å². The van der Waals surface area contributed by atoms with Crippen molar-refractivity contribution in [2.75, 3.05) is 6.26 Å². The van der Waals surface area contributed by atoms with Gasteiger partial charge in [0.1, 0.15) is 0 Å². The zero-order valence-electron chi connectivity index (χ0n) is 17.4. The van der Waals surface area contributed by atoms with Crippen LogP contribution in [0.5, 0.6) is 0 Å². The highest BCUT2D eigenvalue weighted by molar-refractivity contribution is 7.90. The van der Waals surface area contributed by atoms with Crippen LogP contribution in [0.25, 0.3) is 5.69 Å². The van der Waals surface area contributed by atoms with Gasteiger partial charge in [-0.3, -0.25) is 4.79 Å². The highest BCUT2D eigenvalue weighted by Gasteiger charge is 2.44. The summed E-state index contributed by atoms with van der Waals surface area (Å²) in [5.74, 6) is 0.215. The molecule has 0 spiro atoms. The highest BCUT2D eigenvalue weighted by atomic mass is 32.2. The lowest BCUT2D eigenvalue weighted by atomic mass is 9.98. The molecule has 1 saturated heterocycles. The van der Waals surface area contributed by atoms with E-state index in [1.54, 1.807) is 24.3 Å². The van der Waals surface area contributed by atoms with Gasteiger partial charge in [0.25, 0.3) is 0 Å². The minimum Gasteiger partial charge on any atom is -0.332 e. The lowest BCUT2D eigenvalue weighted by Gasteiger charge is -2.35. The minimum atomic E-state index is -3.23. The van der Waals surface area contributed by atoms with Crippen molar-refractivity contribution in [2.45, 2.75) is 49.1 Å². The maximum atomic E-state index is 13.1. The number of aryl methyl sites for hydroxylation is 1. The molecule has 6 nitrogen and oxygen atoms in total. The van der Waals surface area contributed by atoms with E-state index < -0.39 is 9.84 Å². The number of carbonyl (C=O) groups excluding carboxylic acids is 1. The molecule has 0 N–H and O–H groups in total. The molecule has 0 aliphatic carbocycles. The van der Waals surface area contributed by atoms with Gasteiger partial charge in [0, 0.05) is 30.7 Å². The molecule has 31 heavy (non-hydrogen) atoms. The molecule has 160 valence electrons. The average Bonchev–Trinajstić information content (AvgIpc) is 3.33. The van der Waals surface area contributed by atoms with Crippen molar-refractivity contribution in [3.8, 4) is 5.69 Å². The summed E-state index contributed by atoms with van der Waals surface area (Å²) in [5.41, 5.74) is 4.28. The van der Waals surface area contributed by atoms with Crippen molar-refractivity contribution in [2.24, 2.45) is 0 Å². The quantitative estimate of drug-likeness (QED) is 0.615. The van der Waals surface area contributed by atoms with Crippen LogP contribution in [0.4, 0.5) is 0 Å². The first kappa shape index (κ1) is 20.0. The van der Waals surface area contributed by atoms with E-state index in [1.165, 1.54) is 11.8 Å². The fourth-order valence-electron chi connectivity index (χ4n) is 4.94. The fourth-order valence-corrected chi connectivity index (χ4v) is 5.57. The van der Waals surface area contributed by atoms with E-state index in [-0.39, 0.29) is 18.0 Å². The maximum Gasteiger partial charge on any atom is 0.223 e. The van der Waals surface area contributed by atoms with Crippen molar-refractivity contribution < 1.29 is 13.2 Å². The fraction of sp³-hybridized carbons (Fsp3) is 0.333. The molecule has 1 aromatic heterocycles. The van der Waals surface area contributed by atoms with Gasteiger partial charge in [0.05, 0.1) is 28.5 Å². The molecule has 3 heterocycles. The summed E-state index contributed by atoms with van der Waals surface area (Å²) in [6, 6.07) is 17.2. The third-order valence-corrected chi connectivity index (χ3v) is 7.59. The summed E-state index contributed by atoms with van der Waals surface area (Å²) in [7, 11) is -3.23. The van der Waals surface area contributed by atoms with Crippen LogP contribution >= 0.6 is 0 Å². The van der Waals surface area contributed by atoms with Crippen molar-refractivity contribution in [3.05, 3.63) is 77.6 Å². The van der Waals surface area contributed by atoms with Crippen molar-refractivity contribution in [1.29, 1.82) is 0 Å². The Labute approximate surface area is 182 Å².